The first-order chi connectivity index (χ1) is 12.1. The molecule has 0 fully saturated rings. The summed E-state index contributed by atoms with van der Waals surface area (Å²) in [5.41, 5.74) is 6.59. The molecule has 0 saturated heterocycles. The third-order valence-corrected chi connectivity index (χ3v) is 4.07. The highest BCUT2D eigenvalue weighted by Crippen LogP contribution is 2.20. The number of nitrogens with one attached hydrogen (secondary N) is 2. The number of hydrogen-bond donors (Lipinski definition) is 3. The Morgan fingerprint density at radius 1 is 1.12 bits per heavy atom. The molecule has 7 nitrogen and oxygen atoms in total. The molecule has 4 N–H and O–H groups in total. The summed E-state index contributed by atoms with van der Waals surface area (Å²) in [5.74, 6) is -0.182. The summed E-state index contributed by atoms with van der Waals surface area (Å²) in [6.45, 7) is 0. The number of anilines is 3. The van der Waals surface area contributed by atoms with Crippen molar-refractivity contribution in [3.63, 3.8) is 0 Å². The maximum Gasteiger partial charge on any atom is 0.250 e. The highest BCUT2D eigenvalue weighted by molar-refractivity contribution is 7.13. The Kier molecular flexibility index (Phi) is 5.00. The van der Waals surface area contributed by atoms with Gasteiger partial charge in [-0.25, -0.2) is 9.97 Å². The van der Waals surface area contributed by atoms with Crippen LogP contribution in [0.3, 0.4) is 0 Å². The maximum atomic E-state index is 12.2. The third-order valence-electron chi connectivity index (χ3n) is 3.26. The van der Waals surface area contributed by atoms with Crippen LogP contribution in [0.5, 0.6) is 0 Å². The number of pyridine rings is 1. The molecule has 126 valence electrons. The number of nitrogens with zero attached hydrogens (tertiary/aromatic N) is 2. The molecule has 2 heterocycles. The van der Waals surface area contributed by atoms with Gasteiger partial charge in [0.05, 0.1) is 23.4 Å². The molecule has 25 heavy (non-hydrogen) atoms. The second-order valence-corrected chi connectivity index (χ2v) is 5.98. The summed E-state index contributed by atoms with van der Waals surface area (Å²) in [6.07, 6.45) is 1.77. The lowest BCUT2D eigenvalue weighted by atomic mass is 10.1. The van der Waals surface area contributed by atoms with Gasteiger partial charge in [0.2, 0.25) is 5.91 Å². The van der Waals surface area contributed by atoms with Gasteiger partial charge in [-0.2, -0.15) is 0 Å². The number of aromatic nitrogens is 2. The third kappa shape index (κ3) is 4.39. The number of primary amides is 1. The van der Waals surface area contributed by atoms with E-state index in [1.54, 1.807) is 35.8 Å². The molecule has 3 rings (SSSR count). The van der Waals surface area contributed by atoms with Crippen LogP contribution in [0.4, 0.5) is 16.6 Å². The molecule has 1 aromatic carbocycles. The predicted octanol–water partition coefficient (Wildman–Crippen LogP) is 2.56. The van der Waals surface area contributed by atoms with E-state index >= 15 is 0 Å². The van der Waals surface area contributed by atoms with Gasteiger partial charge in [0.15, 0.2) is 5.13 Å². The molecular formula is C17H15N5O2S. The van der Waals surface area contributed by atoms with Crippen LogP contribution in [0.2, 0.25) is 0 Å². The topological polar surface area (TPSA) is 110 Å². The smallest absolute Gasteiger partial charge is 0.250 e. The molecule has 3 aromatic rings. The first-order valence-electron chi connectivity index (χ1n) is 7.43. The second-order valence-electron chi connectivity index (χ2n) is 5.12. The van der Waals surface area contributed by atoms with Gasteiger partial charge >= 0.3 is 0 Å². The second kappa shape index (κ2) is 7.54. The number of nitrogens with two attached hydrogens (primary N) is 1. The fraction of sp³-hybridized carbons (Fsp3) is 0.0588. The molecule has 2 aromatic heterocycles. The highest BCUT2D eigenvalue weighted by Gasteiger charge is 2.12. The quantitative estimate of drug-likeness (QED) is 0.631. The summed E-state index contributed by atoms with van der Waals surface area (Å²) in [5, 5.41) is 8.21. The van der Waals surface area contributed by atoms with Gasteiger partial charge in [-0.1, -0.05) is 18.2 Å². The van der Waals surface area contributed by atoms with Crippen molar-refractivity contribution in [3.05, 3.63) is 65.3 Å². The normalized spacial score (nSPS) is 10.2. The zero-order valence-corrected chi connectivity index (χ0v) is 13.9. The first kappa shape index (κ1) is 16.6. The molecule has 2 amide bonds. The largest absolute Gasteiger partial charge is 0.366 e. The summed E-state index contributed by atoms with van der Waals surface area (Å²) < 4.78 is 0. The van der Waals surface area contributed by atoms with Gasteiger partial charge in [0.1, 0.15) is 5.82 Å². The van der Waals surface area contributed by atoms with Crippen molar-refractivity contribution >= 4 is 39.8 Å². The van der Waals surface area contributed by atoms with E-state index in [2.05, 4.69) is 20.6 Å². The summed E-state index contributed by atoms with van der Waals surface area (Å²) in [4.78, 5) is 32.1. The van der Waals surface area contributed by atoms with E-state index in [0.29, 0.717) is 22.3 Å². The lowest BCUT2D eigenvalue weighted by Gasteiger charge is -2.07. The van der Waals surface area contributed by atoms with E-state index in [1.807, 2.05) is 18.2 Å². The number of carbonyl (C=O) groups is 2. The zero-order valence-electron chi connectivity index (χ0n) is 13.1. The van der Waals surface area contributed by atoms with E-state index in [1.165, 1.54) is 11.3 Å². The molecule has 0 saturated carbocycles. The number of hydrogen-bond acceptors (Lipinski definition) is 6. The van der Waals surface area contributed by atoms with E-state index < -0.39 is 5.91 Å². The highest BCUT2D eigenvalue weighted by atomic mass is 32.1. The minimum absolute atomic E-state index is 0.0908. The van der Waals surface area contributed by atoms with E-state index in [9.17, 15) is 9.59 Å². The number of amides is 2. The van der Waals surface area contributed by atoms with Crippen LogP contribution in [0, 0.1) is 0 Å². The van der Waals surface area contributed by atoms with Crippen LogP contribution in [-0.4, -0.2) is 21.8 Å². The molecule has 0 radical (unpaired) electrons. The standard InChI is InChI=1S/C17H15N5O2S/c18-16(24)12-5-1-2-6-13(12)21-15(23)9-11-10-25-17(20-11)22-14-7-3-4-8-19-14/h1-8,10H,9H2,(H2,18,24)(H,21,23)(H,19,20,22). The number of carbonyl (C=O) groups excluding carboxylic acids is 2. The van der Waals surface area contributed by atoms with Crippen LogP contribution >= 0.6 is 11.3 Å². The van der Waals surface area contributed by atoms with Crippen molar-refractivity contribution in [1.82, 2.24) is 9.97 Å². The molecule has 0 bridgehead atoms. The Morgan fingerprint density at radius 3 is 2.68 bits per heavy atom. The molecule has 0 atom stereocenters. The average molecular weight is 353 g/mol. The molecule has 0 aliphatic rings. The van der Waals surface area contributed by atoms with Crippen LogP contribution in [0.1, 0.15) is 16.1 Å². The average Bonchev–Trinajstić information content (AvgIpc) is 3.02. The minimum atomic E-state index is -0.591. The maximum absolute atomic E-state index is 12.2. The van der Waals surface area contributed by atoms with Crippen LogP contribution in [0.15, 0.2) is 54.0 Å². The summed E-state index contributed by atoms with van der Waals surface area (Å²) in [6, 6.07) is 12.1. The Hall–Kier alpha value is -3.26. The van der Waals surface area contributed by atoms with Crippen molar-refractivity contribution in [2.45, 2.75) is 6.42 Å². The molecule has 0 unspecified atom stereocenters. The van der Waals surface area contributed by atoms with Gasteiger partial charge in [0, 0.05) is 11.6 Å². The molecule has 0 spiro atoms. The summed E-state index contributed by atoms with van der Waals surface area (Å²) in [7, 11) is 0. The Bertz CT molecular complexity index is 895. The molecule has 0 aliphatic carbocycles. The monoisotopic (exact) mass is 353 g/mol. The van der Waals surface area contributed by atoms with Crippen LogP contribution in [-0.2, 0) is 11.2 Å². The Morgan fingerprint density at radius 2 is 1.92 bits per heavy atom. The lowest BCUT2D eigenvalue weighted by molar-refractivity contribution is -0.115. The van der Waals surface area contributed by atoms with Gasteiger partial charge in [-0.05, 0) is 24.3 Å². The SMILES string of the molecule is NC(=O)c1ccccc1NC(=O)Cc1csc(Nc2ccccn2)n1. The van der Waals surface area contributed by atoms with E-state index in [-0.39, 0.29) is 17.9 Å². The fourth-order valence-corrected chi connectivity index (χ4v) is 2.87. The number of benzene rings is 1. The molecule has 8 heteroatoms. The van der Waals surface area contributed by atoms with Crippen LogP contribution in [0.25, 0.3) is 0 Å². The molecule has 0 aliphatic heterocycles. The van der Waals surface area contributed by atoms with Gasteiger partial charge in [-0.15, -0.1) is 11.3 Å². The van der Waals surface area contributed by atoms with Gasteiger partial charge in [-0.3, -0.25) is 9.59 Å². The summed E-state index contributed by atoms with van der Waals surface area (Å²) >= 11 is 1.38. The van der Waals surface area contributed by atoms with E-state index in [0.717, 1.165) is 0 Å². The predicted molar refractivity (Wildman–Crippen MR) is 96.9 cm³/mol. The van der Waals surface area contributed by atoms with Crippen molar-refractivity contribution < 1.29 is 9.59 Å². The number of para-hydroxylation sites is 1. The van der Waals surface area contributed by atoms with E-state index in [4.69, 9.17) is 5.73 Å². The zero-order chi connectivity index (χ0) is 17.6. The number of thiazole rings is 1. The van der Waals surface area contributed by atoms with Gasteiger partial charge in [0.25, 0.3) is 5.91 Å². The Balaban J connectivity index is 1.63. The van der Waals surface area contributed by atoms with Crippen molar-refractivity contribution in [2.24, 2.45) is 5.73 Å². The van der Waals surface area contributed by atoms with Gasteiger partial charge < -0.3 is 16.4 Å². The van der Waals surface area contributed by atoms with Crippen molar-refractivity contribution in [3.8, 4) is 0 Å². The number of rotatable bonds is 6. The first-order valence-corrected chi connectivity index (χ1v) is 8.31. The lowest BCUT2D eigenvalue weighted by Crippen LogP contribution is -2.19. The van der Waals surface area contributed by atoms with Crippen molar-refractivity contribution in [1.29, 1.82) is 0 Å². The fourth-order valence-electron chi connectivity index (χ4n) is 2.16. The van der Waals surface area contributed by atoms with Crippen LogP contribution < -0.4 is 16.4 Å². The minimum Gasteiger partial charge on any atom is -0.366 e. The molecular weight excluding hydrogens is 338 g/mol. The Labute approximate surface area is 147 Å². The van der Waals surface area contributed by atoms with Crippen molar-refractivity contribution in [2.75, 3.05) is 10.6 Å².